The van der Waals surface area contributed by atoms with E-state index in [-0.39, 0.29) is 0 Å². The van der Waals surface area contributed by atoms with Gasteiger partial charge in [0.15, 0.2) is 0 Å². The van der Waals surface area contributed by atoms with Crippen molar-refractivity contribution in [2.75, 3.05) is 5.32 Å². The smallest absolute Gasteiger partial charge is 0.115 e. The van der Waals surface area contributed by atoms with Gasteiger partial charge >= 0.3 is 0 Å². The van der Waals surface area contributed by atoms with Crippen LogP contribution in [-0.4, -0.2) is 19.9 Å². The molecule has 4 rings (SSSR count). The lowest BCUT2D eigenvalue weighted by Gasteiger charge is -2.10. The van der Waals surface area contributed by atoms with Gasteiger partial charge in [0.2, 0.25) is 0 Å². The van der Waals surface area contributed by atoms with Crippen LogP contribution in [0.15, 0.2) is 79.6 Å². The SMILES string of the molecule is c1ccc(COCc2ncncc2-c2ccc(NCc3cnc[nH]3)cc2)cc1. The van der Waals surface area contributed by atoms with Crippen LogP contribution in [0.2, 0.25) is 0 Å². The molecule has 2 N–H and O–H groups in total. The second kappa shape index (κ2) is 8.92. The molecule has 0 aliphatic heterocycles. The van der Waals surface area contributed by atoms with Gasteiger partial charge < -0.3 is 15.0 Å². The van der Waals surface area contributed by atoms with Crippen LogP contribution in [0.5, 0.6) is 0 Å². The summed E-state index contributed by atoms with van der Waals surface area (Å²) >= 11 is 0. The predicted octanol–water partition coefficient (Wildman–Crippen LogP) is 4.20. The molecule has 0 fully saturated rings. The number of benzene rings is 2. The van der Waals surface area contributed by atoms with Crippen molar-refractivity contribution in [2.24, 2.45) is 0 Å². The molecule has 0 aliphatic carbocycles. The van der Waals surface area contributed by atoms with Crippen molar-refractivity contribution in [3.63, 3.8) is 0 Å². The van der Waals surface area contributed by atoms with Gasteiger partial charge in [-0.25, -0.2) is 15.0 Å². The number of aromatic nitrogens is 4. The number of hydrogen-bond acceptors (Lipinski definition) is 5. The number of H-pyrrole nitrogens is 1. The molecule has 0 radical (unpaired) electrons. The summed E-state index contributed by atoms with van der Waals surface area (Å²) in [5, 5.41) is 3.37. The van der Waals surface area contributed by atoms with Gasteiger partial charge in [-0.1, -0.05) is 42.5 Å². The molecule has 6 nitrogen and oxygen atoms in total. The lowest BCUT2D eigenvalue weighted by atomic mass is 10.1. The quantitative estimate of drug-likeness (QED) is 0.486. The maximum Gasteiger partial charge on any atom is 0.115 e. The Hall–Kier alpha value is -3.51. The van der Waals surface area contributed by atoms with Crippen LogP contribution in [-0.2, 0) is 24.5 Å². The van der Waals surface area contributed by atoms with Gasteiger partial charge in [-0.05, 0) is 23.3 Å². The lowest BCUT2D eigenvalue weighted by Crippen LogP contribution is -2.01. The van der Waals surface area contributed by atoms with E-state index in [9.17, 15) is 0 Å². The van der Waals surface area contributed by atoms with E-state index in [1.54, 1.807) is 12.7 Å². The Morgan fingerprint density at radius 3 is 2.54 bits per heavy atom. The molecule has 0 aliphatic rings. The van der Waals surface area contributed by atoms with Crippen molar-refractivity contribution in [1.82, 2.24) is 19.9 Å². The van der Waals surface area contributed by atoms with Gasteiger partial charge in [-0.2, -0.15) is 0 Å². The van der Waals surface area contributed by atoms with E-state index in [0.29, 0.717) is 19.8 Å². The summed E-state index contributed by atoms with van der Waals surface area (Å²) in [5.41, 5.74) is 6.15. The summed E-state index contributed by atoms with van der Waals surface area (Å²) < 4.78 is 5.86. The van der Waals surface area contributed by atoms with E-state index >= 15 is 0 Å². The largest absolute Gasteiger partial charge is 0.379 e. The van der Waals surface area contributed by atoms with E-state index in [0.717, 1.165) is 33.8 Å². The maximum atomic E-state index is 5.86. The molecule has 0 saturated heterocycles. The van der Waals surface area contributed by atoms with Crippen molar-refractivity contribution in [2.45, 2.75) is 19.8 Å². The minimum absolute atomic E-state index is 0.437. The average Bonchev–Trinajstić information content (AvgIpc) is 3.28. The number of hydrogen-bond donors (Lipinski definition) is 2. The number of imidazole rings is 1. The van der Waals surface area contributed by atoms with Gasteiger partial charge in [0.05, 0.1) is 37.5 Å². The van der Waals surface area contributed by atoms with E-state index in [1.165, 1.54) is 0 Å². The zero-order chi connectivity index (χ0) is 19.0. The predicted molar refractivity (Wildman–Crippen MR) is 108 cm³/mol. The number of nitrogens with one attached hydrogen (secondary N) is 2. The Morgan fingerprint density at radius 1 is 0.893 bits per heavy atom. The molecule has 28 heavy (non-hydrogen) atoms. The maximum absolute atomic E-state index is 5.86. The Labute approximate surface area is 163 Å². The van der Waals surface area contributed by atoms with Crippen molar-refractivity contribution < 1.29 is 4.74 Å². The number of aromatic amines is 1. The monoisotopic (exact) mass is 371 g/mol. The summed E-state index contributed by atoms with van der Waals surface area (Å²) in [4.78, 5) is 15.7. The topological polar surface area (TPSA) is 75.7 Å². The molecule has 140 valence electrons. The lowest BCUT2D eigenvalue weighted by molar-refractivity contribution is 0.105. The van der Waals surface area contributed by atoms with Crippen LogP contribution >= 0.6 is 0 Å². The third kappa shape index (κ3) is 4.61. The highest BCUT2D eigenvalue weighted by Crippen LogP contribution is 2.24. The summed E-state index contributed by atoms with van der Waals surface area (Å²) in [5.74, 6) is 0. The van der Waals surface area contributed by atoms with E-state index in [2.05, 4.69) is 49.5 Å². The van der Waals surface area contributed by atoms with Crippen LogP contribution in [0.1, 0.15) is 17.0 Å². The Morgan fingerprint density at radius 2 is 1.75 bits per heavy atom. The minimum atomic E-state index is 0.437. The average molecular weight is 371 g/mol. The molecular weight excluding hydrogens is 350 g/mol. The Balaban J connectivity index is 1.40. The molecule has 0 unspecified atom stereocenters. The summed E-state index contributed by atoms with van der Waals surface area (Å²) in [6.07, 6.45) is 6.88. The highest BCUT2D eigenvalue weighted by Gasteiger charge is 2.08. The second-order valence-corrected chi connectivity index (χ2v) is 6.37. The molecule has 0 spiro atoms. The van der Waals surface area contributed by atoms with Gasteiger partial charge in [0.25, 0.3) is 0 Å². The summed E-state index contributed by atoms with van der Waals surface area (Å²) in [6, 6.07) is 18.3. The zero-order valence-electron chi connectivity index (χ0n) is 15.4. The summed E-state index contributed by atoms with van der Waals surface area (Å²) in [7, 11) is 0. The van der Waals surface area contributed by atoms with Crippen LogP contribution in [0.4, 0.5) is 5.69 Å². The fourth-order valence-corrected chi connectivity index (χ4v) is 2.90. The van der Waals surface area contributed by atoms with Crippen molar-refractivity contribution in [1.29, 1.82) is 0 Å². The minimum Gasteiger partial charge on any atom is -0.379 e. The van der Waals surface area contributed by atoms with E-state index in [1.807, 2.05) is 42.7 Å². The molecule has 2 aromatic heterocycles. The molecule has 0 bridgehead atoms. The second-order valence-electron chi connectivity index (χ2n) is 6.37. The standard InChI is InChI=1S/C22H21N5O/c1-2-4-17(5-3-1)13-28-14-22-21(12-24-16-27-22)18-6-8-19(9-7-18)25-11-20-10-23-15-26-20/h1-10,12,15-16,25H,11,13-14H2,(H,23,26). The highest BCUT2D eigenvalue weighted by atomic mass is 16.5. The first-order chi connectivity index (χ1) is 13.9. The number of anilines is 1. The van der Waals surface area contributed by atoms with Gasteiger partial charge in [0.1, 0.15) is 6.33 Å². The molecule has 2 aromatic carbocycles. The van der Waals surface area contributed by atoms with Gasteiger partial charge in [-0.15, -0.1) is 0 Å². The highest BCUT2D eigenvalue weighted by molar-refractivity contribution is 5.67. The molecule has 2 heterocycles. The number of nitrogens with zero attached hydrogens (tertiary/aromatic N) is 3. The van der Waals surface area contributed by atoms with E-state index < -0.39 is 0 Å². The number of ether oxygens (including phenoxy) is 1. The normalized spacial score (nSPS) is 10.7. The van der Waals surface area contributed by atoms with Crippen molar-refractivity contribution in [3.8, 4) is 11.1 Å². The van der Waals surface area contributed by atoms with Gasteiger partial charge in [0, 0.05) is 23.6 Å². The Bertz CT molecular complexity index is 985. The van der Waals surface area contributed by atoms with Crippen LogP contribution in [0.3, 0.4) is 0 Å². The van der Waals surface area contributed by atoms with Crippen LogP contribution in [0.25, 0.3) is 11.1 Å². The molecule has 0 atom stereocenters. The molecular formula is C22H21N5O. The van der Waals surface area contributed by atoms with Crippen molar-refractivity contribution >= 4 is 5.69 Å². The van der Waals surface area contributed by atoms with Gasteiger partial charge in [-0.3, -0.25) is 0 Å². The molecule has 4 aromatic rings. The van der Waals surface area contributed by atoms with Crippen LogP contribution in [0, 0.1) is 0 Å². The first-order valence-electron chi connectivity index (χ1n) is 9.10. The third-order valence-electron chi connectivity index (χ3n) is 4.38. The zero-order valence-corrected chi connectivity index (χ0v) is 15.4. The fraction of sp³-hybridized carbons (Fsp3) is 0.136. The number of rotatable bonds is 8. The fourth-order valence-electron chi connectivity index (χ4n) is 2.90. The Kier molecular flexibility index (Phi) is 5.70. The van der Waals surface area contributed by atoms with Crippen LogP contribution < -0.4 is 5.32 Å². The summed E-state index contributed by atoms with van der Waals surface area (Å²) in [6.45, 7) is 1.69. The first kappa shape index (κ1) is 17.9. The third-order valence-corrected chi connectivity index (χ3v) is 4.38. The van der Waals surface area contributed by atoms with Crippen molar-refractivity contribution in [3.05, 3.63) is 96.6 Å². The van der Waals surface area contributed by atoms with E-state index in [4.69, 9.17) is 4.74 Å². The molecule has 0 amide bonds. The molecule has 6 heteroatoms. The molecule has 0 saturated carbocycles. The first-order valence-corrected chi connectivity index (χ1v) is 9.10.